The van der Waals surface area contributed by atoms with E-state index in [1.54, 1.807) is 62.6 Å². The molecule has 62 heavy (non-hydrogen) atoms. The zero-order valence-corrected chi connectivity index (χ0v) is 34.7. The van der Waals surface area contributed by atoms with E-state index < -0.39 is 30.0 Å². The number of nitrogens with zero attached hydrogens (tertiary/aromatic N) is 6. The number of aromatic nitrogens is 6. The molecule has 0 saturated carbocycles. The Bertz CT molecular complexity index is 2700. The molecule has 2 aromatic heterocycles. The van der Waals surface area contributed by atoms with Crippen molar-refractivity contribution in [2.24, 2.45) is 0 Å². The topological polar surface area (TPSA) is 316 Å². The molecule has 2 heterocycles. The van der Waals surface area contributed by atoms with Crippen LogP contribution in [0.25, 0.3) is 12.2 Å². The van der Waals surface area contributed by atoms with E-state index in [4.69, 9.17) is 0 Å². The lowest BCUT2D eigenvalue weighted by molar-refractivity contribution is 0.0955. The summed E-state index contributed by atoms with van der Waals surface area (Å²) in [7, 11) is -3.52. The number of nitrogens with one attached hydrogen (secondary N) is 8. The van der Waals surface area contributed by atoms with Crippen LogP contribution in [0.15, 0.2) is 94.7 Å². The maximum absolute atomic E-state index is 12.6. The lowest BCUT2D eigenvalue weighted by Crippen LogP contribution is -2.17. The SMILES string of the molecule is CNC(=O)c1ccc(Nc2nc(NC)nc(Nc3ccc(/C=C/c4ccc(Nc5nc(NC)nc(Nc6ccc(C(=O)NC)cc6)n5)cc4S(=O)(=O)O)c(S(=O)(=O)O)c3)n2)cc1. The van der Waals surface area contributed by atoms with Gasteiger partial charge in [0.1, 0.15) is 9.79 Å². The number of anilines is 10. The molecule has 24 heteroatoms. The molecule has 0 radical (unpaired) electrons. The third kappa shape index (κ3) is 11.1. The smallest absolute Gasteiger partial charge is 0.295 e. The molecular weight excluding hydrogens is 845 g/mol. The summed E-state index contributed by atoms with van der Waals surface area (Å²) in [6.07, 6.45) is 2.49. The van der Waals surface area contributed by atoms with Crippen LogP contribution in [0, 0.1) is 0 Å². The number of amides is 2. The monoisotopic (exact) mass is 882 g/mol. The average Bonchev–Trinajstić information content (AvgIpc) is 3.25. The Morgan fingerprint density at radius 3 is 1.03 bits per heavy atom. The van der Waals surface area contributed by atoms with Crippen LogP contribution in [-0.2, 0) is 20.2 Å². The Kier molecular flexibility index (Phi) is 13.2. The second-order valence-corrected chi connectivity index (χ2v) is 15.5. The van der Waals surface area contributed by atoms with Crippen LogP contribution in [0.4, 0.5) is 58.4 Å². The first-order chi connectivity index (χ1) is 29.5. The maximum Gasteiger partial charge on any atom is 0.295 e. The predicted molar refractivity (Wildman–Crippen MR) is 233 cm³/mol. The molecule has 0 atom stereocenters. The molecule has 0 unspecified atom stereocenters. The van der Waals surface area contributed by atoms with Crippen molar-refractivity contribution in [3.8, 4) is 0 Å². The van der Waals surface area contributed by atoms with E-state index in [0.717, 1.165) is 12.1 Å². The minimum Gasteiger partial charge on any atom is -0.357 e. The van der Waals surface area contributed by atoms with Gasteiger partial charge in [-0.2, -0.15) is 46.7 Å². The molecule has 6 aromatic rings. The van der Waals surface area contributed by atoms with Crippen LogP contribution in [0.2, 0.25) is 0 Å². The van der Waals surface area contributed by atoms with E-state index in [-0.39, 0.29) is 70.0 Å². The number of rotatable bonds is 16. The average molecular weight is 883 g/mol. The van der Waals surface area contributed by atoms with E-state index in [9.17, 15) is 35.5 Å². The second kappa shape index (κ2) is 18.6. The molecule has 22 nitrogen and oxygen atoms in total. The van der Waals surface area contributed by atoms with Gasteiger partial charge in [-0.3, -0.25) is 18.7 Å². The minimum atomic E-state index is -4.86. The zero-order valence-electron chi connectivity index (χ0n) is 33.1. The maximum atomic E-state index is 12.6. The second-order valence-electron chi connectivity index (χ2n) is 12.7. The van der Waals surface area contributed by atoms with Crippen molar-refractivity contribution in [2.45, 2.75) is 9.79 Å². The van der Waals surface area contributed by atoms with Crippen molar-refractivity contribution in [1.29, 1.82) is 0 Å². The Hall–Kier alpha value is -7.80. The number of hydrogen-bond donors (Lipinski definition) is 10. The standard InChI is InChI=1S/C38H38N14O8S2/c1-39-31(53)23-9-13-25(14-10-23)43-35-47-33(41-3)49-37(51-35)45-27-17-7-21(29(19-27)61(55,56)57)5-6-22-8-18-28(20-30(22)62(58,59)60)46-38-50-34(42-4)48-36(52-38)44-26-15-11-24(12-16-26)32(54)40-2/h5-20H,1-4H3,(H,39,53)(H,40,54)(H,55,56,57)(H,58,59,60)(H3,41,43,45,47,49,51)(H3,42,44,46,48,50,52)/b6-5+. The van der Waals surface area contributed by atoms with Crippen molar-refractivity contribution in [1.82, 2.24) is 40.5 Å². The highest BCUT2D eigenvalue weighted by Crippen LogP contribution is 2.29. The van der Waals surface area contributed by atoms with Crippen molar-refractivity contribution in [3.05, 3.63) is 107 Å². The quantitative estimate of drug-likeness (QED) is 0.0472. The summed E-state index contributed by atoms with van der Waals surface area (Å²) < 4.78 is 70.8. The zero-order chi connectivity index (χ0) is 44.6. The molecule has 0 spiro atoms. The lowest BCUT2D eigenvalue weighted by Gasteiger charge is -2.12. The first-order valence-electron chi connectivity index (χ1n) is 18.1. The summed E-state index contributed by atoms with van der Waals surface area (Å²) in [5, 5.41) is 22.5. The molecule has 0 saturated heterocycles. The highest BCUT2D eigenvalue weighted by molar-refractivity contribution is 7.86. The fourth-order valence-electron chi connectivity index (χ4n) is 5.54. The first kappa shape index (κ1) is 43.8. The van der Waals surface area contributed by atoms with Crippen LogP contribution in [0.3, 0.4) is 0 Å². The molecule has 4 aromatic carbocycles. The van der Waals surface area contributed by atoms with E-state index in [1.807, 2.05) is 0 Å². The van der Waals surface area contributed by atoms with Gasteiger partial charge in [-0.25, -0.2) is 0 Å². The highest BCUT2D eigenvalue weighted by atomic mass is 32.2. The Balaban J connectivity index is 1.23. The van der Waals surface area contributed by atoms with Crippen LogP contribution in [0.1, 0.15) is 31.8 Å². The van der Waals surface area contributed by atoms with Crippen LogP contribution < -0.4 is 42.5 Å². The molecule has 0 fully saturated rings. The van der Waals surface area contributed by atoms with Gasteiger partial charge in [0.25, 0.3) is 32.1 Å². The van der Waals surface area contributed by atoms with Crippen molar-refractivity contribution < 1.29 is 35.5 Å². The Labute approximate surface area is 354 Å². The van der Waals surface area contributed by atoms with Gasteiger partial charge in [0.15, 0.2) is 0 Å². The number of carbonyl (C=O) groups excluding carboxylic acids is 2. The van der Waals surface area contributed by atoms with Crippen LogP contribution in [0.5, 0.6) is 0 Å². The van der Waals surface area contributed by atoms with Gasteiger partial charge < -0.3 is 42.5 Å². The fraction of sp³-hybridized carbons (Fsp3) is 0.105. The third-order valence-corrected chi connectivity index (χ3v) is 10.3. The van der Waals surface area contributed by atoms with E-state index in [1.165, 1.54) is 50.5 Å². The third-order valence-electron chi connectivity index (χ3n) is 8.52. The fourth-order valence-corrected chi connectivity index (χ4v) is 6.96. The normalized spacial score (nSPS) is 11.4. The van der Waals surface area contributed by atoms with Gasteiger partial charge >= 0.3 is 0 Å². The van der Waals surface area contributed by atoms with Gasteiger partial charge in [-0.05, 0) is 83.9 Å². The Morgan fingerprint density at radius 2 is 0.742 bits per heavy atom. The number of carbonyl (C=O) groups is 2. The van der Waals surface area contributed by atoms with Crippen LogP contribution in [-0.4, -0.2) is 95.9 Å². The molecule has 0 bridgehead atoms. The van der Waals surface area contributed by atoms with Gasteiger partial charge in [0, 0.05) is 62.1 Å². The first-order valence-corrected chi connectivity index (χ1v) is 20.9. The molecule has 6 rings (SSSR count). The minimum absolute atomic E-state index is 0.00877. The molecule has 0 aliphatic rings. The predicted octanol–water partition coefficient (Wildman–Crippen LogP) is 4.50. The molecule has 320 valence electrons. The summed E-state index contributed by atoms with van der Waals surface area (Å²) >= 11 is 0. The van der Waals surface area contributed by atoms with Gasteiger partial charge in [-0.15, -0.1) is 0 Å². The van der Waals surface area contributed by atoms with Crippen LogP contribution >= 0.6 is 0 Å². The largest absolute Gasteiger partial charge is 0.357 e. The molecule has 0 aliphatic heterocycles. The van der Waals surface area contributed by atoms with E-state index >= 15 is 0 Å². The van der Waals surface area contributed by atoms with E-state index in [2.05, 4.69) is 72.4 Å². The molecular formula is C38H38N14O8S2. The lowest BCUT2D eigenvalue weighted by atomic mass is 10.1. The summed E-state index contributed by atoms with van der Waals surface area (Å²) in [5.41, 5.74) is 2.22. The summed E-state index contributed by atoms with van der Waals surface area (Å²) in [4.78, 5) is 48.4. The van der Waals surface area contributed by atoms with Crippen molar-refractivity contribution in [3.63, 3.8) is 0 Å². The van der Waals surface area contributed by atoms with Gasteiger partial charge in [-0.1, -0.05) is 24.3 Å². The van der Waals surface area contributed by atoms with Gasteiger partial charge in [0.2, 0.25) is 35.7 Å². The number of benzene rings is 4. The molecule has 10 N–H and O–H groups in total. The molecule has 2 amide bonds. The van der Waals surface area contributed by atoms with Crippen molar-refractivity contribution in [2.75, 3.05) is 60.1 Å². The summed E-state index contributed by atoms with van der Waals surface area (Å²) in [6, 6.07) is 20.9. The summed E-state index contributed by atoms with van der Waals surface area (Å²) in [5.74, 6) is -0.0252. The van der Waals surface area contributed by atoms with Gasteiger partial charge in [0.05, 0.1) is 0 Å². The van der Waals surface area contributed by atoms with E-state index in [0.29, 0.717) is 22.5 Å². The van der Waals surface area contributed by atoms with Crippen molar-refractivity contribution >= 4 is 103 Å². The highest BCUT2D eigenvalue weighted by Gasteiger charge is 2.19. The Morgan fingerprint density at radius 1 is 0.452 bits per heavy atom. The summed E-state index contributed by atoms with van der Waals surface area (Å²) in [6.45, 7) is 0. The molecule has 0 aliphatic carbocycles. The number of hydrogen-bond acceptors (Lipinski definition) is 18.